The molecule has 6 heteroatoms. The van der Waals surface area contributed by atoms with Gasteiger partial charge in [-0.2, -0.15) is 5.10 Å². The number of rotatable bonds is 6. The number of amides is 2. The van der Waals surface area contributed by atoms with Crippen LogP contribution in [0.1, 0.15) is 28.8 Å². The molecule has 1 heterocycles. The molecule has 0 spiro atoms. The van der Waals surface area contributed by atoms with Gasteiger partial charge in [0.05, 0.1) is 0 Å². The molecule has 3 rings (SSSR count). The maximum atomic E-state index is 12.1. The first kappa shape index (κ1) is 15.3. The number of benzene rings is 1. The Hall–Kier alpha value is -2.63. The lowest BCUT2D eigenvalue weighted by molar-refractivity contribution is -0.131. The predicted octanol–water partition coefficient (Wildman–Crippen LogP) is 1.43. The van der Waals surface area contributed by atoms with Crippen LogP contribution >= 0.6 is 0 Å². The van der Waals surface area contributed by atoms with Gasteiger partial charge in [0, 0.05) is 37.6 Å². The van der Waals surface area contributed by atoms with Crippen molar-refractivity contribution in [3.05, 3.63) is 53.9 Å². The van der Waals surface area contributed by atoms with E-state index in [1.165, 1.54) is 0 Å². The van der Waals surface area contributed by atoms with E-state index in [1.807, 2.05) is 12.1 Å². The SMILES string of the molecule is CN(Cc1ccc(C(=O)NC2CC2)cc1)C(=O)Cn1cccn1. The lowest BCUT2D eigenvalue weighted by Gasteiger charge is -2.17. The number of carbonyl (C=O) groups is 2. The van der Waals surface area contributed by atoms with Gasteiger partial charge in [0.1, 0.15) is 6.54 Å². The summed E-state index contributed by atoms with van der Waals surface area (Å²) in [6.07, 6.45) is 5.57. The van der Waals surface area contributed by atoms with Gasteiger partial charge in [0.15, 0.2) is 0 Å². The fraction of sp³-hybridized carbons (Fsp3) is 0.353. The summed E-state index contributed by atoms with van der Waals surface area (Å²) in [5.74, 6) is -0.0357. The first-order chi connectivity index (χ1) is 11.1. The van der Waals surface area contributed by atoms with Crippen LogP contribution in [0.2, 0.25) is 0 Å². The molecule has 23 heavy (non-hydrogen) atoms. The van der Waals surface area contributed by atoms with Crippen LogP contribution in [0, 0.1) is 0 Å². The zero-order valence-corrected chi connectivity index (χ0v) is 13.1. The summed E-state index contributed by atoms with van der Waals surface area (Å²) in [7, 11) is 1.76. The maximum Gasteiger partial charge on any atom is 0.251 e. The molecular weight excluding hydrogens is 292 g/mol. The largest absolute Gasteiger partial charge is 0.349 e. The normalized spacial score (nSPS) is 13.6. The quantitative estimate of drug-likeness (QED) is 0.877. The molecule has 1 aliphatic rings. The lowest BCUT2D eigenvalue weighted by Crippen LogP contribution is -2.30. The van der Waals surface area contributed by atoms with Crippen molar-refractivity contribution in [3.8, 4) is 0 Å². The van der Waals surface area contributed by atoms with Crippen LogP contribution in [0.4, 0.5) is 0 Å². The molecule has 0 atom stereocenters. The average Bonchev–Trinajstić information content (AvgIpc) is 3.21. The second-order valence-corrected chi connectivity index (χ2v) is 5.90. The molecule has 1 aromatic carbocycles. The van der Waals surface area contributed by atoms with Crippen molar-refractivity contribution in [1.29, 1.82) is 0 Å². The van der Waals surface area contributed by atoms with E-state index in [2.05, 4.69) is 10.4 Å². The maximum absolute atomic E-state index is 12.1. The summed E-state index contributed by atoms with van der Waals surface area (Å²) in [5.41, 5.74) is 1.65. The van der Waals surface area contributed by atoms with Crippen LogP contribution in [-0.4, -0.2) is 39.6 Å². The third-order valence-corrected chi connectivity index (χ3v) is 3.83. The molecule has 1 aliphatic carbocycles. The summed E-state index contributed by atoms with van der Waals surface area (Å²) in [4.78, 5) is 25.7. The molecule has 2 aromatic rings. The number of hydrogen-bond acceptors (Lipinski definition) is 3. The van der Waals surface area contributed by atoms with E-state index in [0.29, 0.717) is 18.2 Å². The van der Waals surface area contributed by atoms with E-state index in [9.17, 15) is 9.59 Å². The molecule has 1 N–H and O–H groups in total. The number of nitrogens with one attached hydrogen (secondary N) is 1. The minimum Gasteiger partial charge on any atom is -0.349 e. The molecule has 0 aliphatic heterocycles. The Morgan fingerprint density at radius 3 is 2.65 bits per heavy atom. The van der Waals surface area contributed by atoms with Crippen molar-refractivity contribution in [2.24, 2.45) is 0 Å². The number of hydrogen-bond donors (Lipinski definition) is 1. The topological polar surface area (TPSA) is 67.2 Å². The fourth-order valence-corrected chi connectivity index (χ4v) is 2.27. The molecule has 1 aromatic heterocycles. The predicted molar refractivity (Wildman–Crippen MR) is 85.6 cm³/mol. The van der Waals surface area contributed by atoms with Crippen molar-refractivity contribution in [1.82, 2.24) is 20.0 Å². The highest BCUT2D eigenvalue weighted by Gasteiger charge is 2.23. The second kappa shape index (κ2) is 6.64. The van der Waals surface area contributed by atoms with Crippen molar-refractivity contribution < 1.29 is 9.59 Å². The molecule has 0 bridgehead atoms. The Labute approximate surface area is 135 Å². The first-order valence-corrected chi connectivity index (χ1v) is 7.73. The van der Waals surface area contributed by atoms with Crippen LogP contribution < -0.4 is 5.32 Å². The van der Waals surface area contributed by atoms with Gasteiger partial charge in [-0.25, -0.2) is 0 Å². The number of nitrogens with zero attached hydrogens (tertiary/aromatic N) is 3. The van der Waals surface area contributed by atoms with Gasteiger partial charge in [-0.3, -0.25) is 14.3 Å². The van der Waals surface area contributed by atoms with Crippen LogP contribution in [0.5, 0.6) is 0 Å². The fourth-order valence-electron chi connectivity index (χ4n) is 2.27. The van der Waals surface area contributed by atoms with Crippen molar-refractivity contribution in [3.63, 3.8) is 0 Å². The number of carbonyl (C=O) groups excluding carboxylic acids is 2. The highest BCUT2D eigenvalue weighted by molar-refractivity contribution is 5.94. The number of aromatic nitrogens is 2. The van der Waals surface area contributed by atoms with Crippen LogP contribution in [0.3, 0.4) is 0 Å². The second-order valence-electron chi connectivity index (χ2n) is 5.90. The minimum atomic E-state index is -0.0258. The third-order valence-electron chi connectivity index (χ3n) is 3.83. The molecular formula is C17H20N4O2. The van der Waals surface area contributed by atoms with Gasteiger partial charge in [0.25, 0.3) is 5.91 Å². The lowest BCUT2D eigenvalue weighted by atomic mass is 10.1. The average molecular weight is 312 g/mol. The Morgan fingerprint density at radius 1 is 1.30 bits per heavy atom. The molecule has 1 saturated carbocycles. The van der Waals surface area contributed by atoms with E-state index >= 15 is 0 Å². The van der Waals surface area contributed by atoms with Gasteiger partial charge >= 0.3 is 0 Å². The van der Waals surface area contributed by atoms with Gasteiger partial charge < -0.3 is 10.2 Å². The molecule has 120 valence electrons. The molecule has 0 saturated heterocycles. The van der Waals surface area contributed by atoms with E-state index in [-0.39, 0.29) is 18.4 Å². The third kappa shape index (κ3) is 4.18. The Kier molecular flexibility index (Phi) is 4.41. The smallest absolute Gasteiger partial charge is 0.251 e. The molecule has 6 nitrogen and oxygen atoms in total. The first-order valence-electron chi connectivity index (χ1n) is 7.73. The van der Waals surface area contributed by atoms with E-state index in [1.54, 1.807) is 47.2 Å². The molecule has 0 unspecified atom stereocenters. The monoisotopic (exact) mass is 312 g/mol. The Morgan fingerprint density at radius 2 is 2.04 bits per heavy atom. The van der Waals surface area contributed by atoms with Crippen LogP contribution in [0.25, 0.3) is 0 Å². The van der Waals surface area contributed by atoms with Gasteiger partial charge in [-0.15, -0.1) is 0 Å². The Bertz CT molecular complexity index is 675. The molecule has 0 radical (unpaired) electrons. The zero-order chi connectivity index (χ0) is 16.2. The van der Waals surface area contributed by atoms with Crippen LogP contribution in [-0.2, 0) is 17.9 Å². The molecule has 1 fully saturated rings. The Balaban J connectivity index is 1.54. The van der Waals surface area contributed by atoms with E-state index < -0.39 is 0 Å². The van der Waals surface area contributed by atoms with E-state index in [0.717, 1.165) is 18.4 Å². The van der Waals surface area contributed by atoms with Gasteiger partial charge in [-0.1, -0.05) is 12.1 Å². The number of likely N-dealkylation sites (N-methyl/N-ethyl adjacent to an activating group) is 1. The standard InChI is InChI=1S/C17H20N4O2/c1-20(16(22)12-21-10-2-9-18-21)11-13-3-5-14(6-4-13)17(23)19-15-7-8-15/h2-6,9-10,15H,7-8,11-12H2,1H3,(H,19,23). The summed E-state index contributed by atoms with van der Waals surface area (Å²) in [6, 6.07) is 9.53. The van der Waals surface area contributed by atoms with E-state index in [4.69, 9.17) is 0 Å². The summed E-state index contributed by atoms with van der Waals surface area (Å²) in [5, 5.41) is 6.99. The van der Waals surface area contributed by atoms with Crippen molar-refractivity contribution >= 4 is 11.8 Å². The highest BCUT2D eigenvalue weighted by Crippen LogP contribution is 2.19. The highest BCUT2D eigenvalue weighted by atomic mass is 16.2. The van der Waals surface area contributed by atoms with Gasteiger partial charge in [-0.05, 0) is 36.6 Å². The van der Waals surface area contributed by atoms with Gasteiger partial charge in [0.2, 0.25) is 5.91 Å². The van der Waals surface area contributed by atoms with Crippen molar-refractivity contribution in [2.75, 3.05) is 7.05 Å². The van der Waals surface area contributed by atoms with Crippen LogP contribution in [0.15, 0.2) is 42.7 Å². The molecule has 2 amide bonds. The summed E-state index contributed by atoms with van der Waals surface area (Å²) < 4.78 is 1.60. The zero-order valence-electron chi connectivity index (χ0n) is 13.1. The minimum absolute atomic E-state index is 0.00995. The summed E-state index contributed by atoms with van der Waals surface area (Å²) >= 11 is 0. The van der Waals surface area contributed by atoms with Crippen molar-refractivity contribution in [2.45, 2.75) is 32.0 Å². The summed E-state index contributed by atoms with van der Waals surface area (Å²) in [6.45, 7) is 0.732.